The van der Waals surface area contributed by atoms with E-state index in [2.05, 4.69) is 36.6 Å². The lowest BCUT2D eigenvalue weighted by atomic mass is 9.84. The molecule has 0 saturated heterocycles. The highest BCUT2D eigenvalue weighted by Crippen LogP contribution is 2.41. The van der Waals surface area contributed by atoms with E-state index >= 15 is 0 Å². The van der Waals surface area contributed by atoms with Crippen LogP contribution in [0.25, 0.3) is 0 Å². The monoisotopic (exact) mass is 439 g/mol. The lowest BCUT2D eigenvalue weighted by Crippen LogP contribution is -2.56. The van der Waals surface area contributed by atoms with Crippen molar-refractivity contribution in [2.45, 2.75) is 83.3 Å². The first-order chi connectivity index (χ1) is 15.6. The molecule has 1 unspecified atom stereocenters. The second-order valence-corrected chi connectivity index (χ2v) is 9.68. The van der Waals surface area contributed by atoms with Crippen LogP contribution < -0.4 is 10.6 Å². The summed E-state index contributed by atoms with van der Waals surface area (Å²) in [4.78, 5) is 15.3. The van der Waals surface area contributed by atoms with Gasteiger partial charge < -0.3 is 15.5 Å². The Morgan fingerprint density at radius 1 is 1.16 bits per heavy atom. The third kappa shape index (κ3) is 5.25. The number of carbonyl (C=O) groups is 1. The Morgan fingerprint density at radius 2 is 1.94 bits per heavy atom. The van der Waals surface area contributed by atoms with Gasteiger partial charge in [0.05, 0.1) is 6.04 Å². The average molecular weight is 440 g/mol. The molecule has 0 bridgehead atoms. The van der Waals surface area contributed by atoms with Crippen LogP contribution in [-0.4, -0.2) is 36.1 Å². The van der Waals surface area contributed by atoms with Crippen LogP contribution in [0.5, 0.6) is 0 Å². The summed E-state index contributed by atoms with van der Waals surface area (Å²) in [6, 6.07) is 7.31. The quantitative estimate of drug-likeness (QED) is 0.558. The average Bonchev–Trinajstić information content (AvgIpc) is 2.98. The maximum atomic E-state index is 13.7. The molecule has 174 valence electrons. The van der Waals surface area contributed by atoms with Gasteiger partial charge in [-0.3, -0.25) is 0 Å². The normalized spacial score (nSPS) is 27.5. The van der Waals surface area contributed by atoms with Gasteiger partial charge in [0.15, 0.2) is 0 Å². The molecule has 0 radical (unpaired) electrons. The lowest BCUT2D eigenvalue weighted by Gasteiger charge is -2.42. The maximum Gasteiger partial charge on any atom is 0.318 e. The van der Waals surface area contributed by atoms with E-state index in [4.69, 9.17) is 0 Å². The Kier molecular flexibility index (Phi) is 7.67. The topological polar surface area (TPSA) is 44.4 Å². The fourth-order valence-corrected chi connectivity index (χ4v) is 5.52. The number of rotatable bonds is 7. The summed E-state index contributed by atoms with van der Waals surface area (Å²) in [5, 5.41) is 6.71. The minimum absolute atomic E-state index is 0.00556. The second-order valence-electron chi connectivity index (χ2n) is 9.68. The van der Waals surface area contributed by atoms with E-state index in [0.29, 0.717) is 18.5 Å². The lowest BCUT2D eigenvalue weighted by molar-refractivity contribution is 0.162. The highest BCUT2D eigenvalue weighted by Gasteiger charge is 2.37. The zero-order chi connectivity index (χ0) is 22.5. The molecule has 4 nitrogen and oxygen atoms in total. The largest absolute Gasteiger partial charge is 0.335 e. The van der Waals surface area contributed by atoms with Crippen molar-refractivity contribution in [1.82, 2.24) is 15.5 Å². The van der Waals surface area contributed by atoms with Crippen LogP contribution in [-0.2, 0) is 0 Å². The number of nitrogens with one attached hydrogen (secondary N) is 2. The summed E-state index contributed by atoms with van der Waals surface area (Å²) < 4.78 is 13.7. The van der Waals surface area contributed by atoms with Crippen LogP contribution >= 0.6 is 0 Å². The molecule has 1 saturated carbocycles. The molecule has 1 aromatic rings. The van der Waals surface area contributed by atoms with E-state index in [9.17, 15) is 9.18 Å². The van der Waals surface area contributed by atoms with Gasteiger partial charge in [0.25, 0.3) is 0 Å². The molecule has 4 rings (SSSR count). The summed E-state index contributed by atoms with van der Waals surface area (Å²) in [5.74, 6) is 0.445. The van der Waals surface area contributed by atoms with Gasteiger partial charge in [-0.1, -0.05) is 56.5 Å². The van der Waals surface area contributed by atoms with Crippen LogP contribution in [0.1, 0.15) is 76.8 Å². The molecule has 2 atom stereocenters. The van der Waals surface area contributed by atoms with E-state index in [0.717, 1.165) is 44.2 Å². The Hall–Kier alpha value is -2.14. The zero-order valence-corrected chi connectivity index (χ0v) is 19.6. The summed E-state index contributed by atoms with van der Waals surface area (Å²) in [6.45, 7) is 6.05. The third-order valence-electron chi connectivity index (χ3n) is 7.34. The number of benzene rings is 1. The Labute approximate surface area is 192 Å². The SMILES string of the molecule is CCCCC1CC=CC2=C(CCN(C(=O)N[C@H]3C[C@@H](NCC)C3)[C@H]2c2ccc(F)cc2)C1. The summed E-state index contributed by atoms with van der Waals surface area (Å²) >= 11 is 0. The van der Waals surface area contributed by atoms with Crippen molar-refractivity contribution in [1.29, 1.82) is 0 Å². The molecule has 0 aromatic heterocycles. The molecule has 2 aliphatic carbocycles. The van der Waals surface area contributed by atoms with Crippen molar-refractivity contribution < 1.29 is 9.18 Å². The fraction of sp³-hybridized carbons (Fsp3) is 0.593. The van der Waals surface area contributed by atoms with Crippen LogP contribution in [0.2, 0.25) is 0 Å². The zero-order valence-electron chi connectivity index (χ0n) is 19.6. The number of hydrogen-bond donors (Lipinski definition) is 2. The molecule has 1 heterocycles. The smallest absolute Gasteiger partial charge is 0.318 e. The van der Waals surface area contributed by atoms with Crippen molar-refractivity contribution in [2.24, 2.45) is 5.92 Å². The van der Waals surface area contributed by atoms with E-state index in [1.165, 1.54) is 42.5 Å². The molecule has 3 aliphatic rings. The first-order valence-corrected chi connectivity index (χ1v) is 12.5. The van der Waals surface area contributed by atoms with Gasteiger partial charge in [-0.05, 0) is 74.3 Å². The fourth-order valence-electron chi connectivity index (χ4n) is 5.52. The van der Waals surface area contributed by atoms with Gasteiger partial charge >= 0.3 is 6.03 Å². The first-order valence-electron chi connectivity index (χ1n) is 12.5. The van der Waals surface area contributed by atoms with Gasteiger partial charge in [0, 0.05) is 18.6 Å². The minimum Gasteiger partial charge on any atom is -0.335 e. The van der Waals surface area contributed by atoms with Crippen molar-refractivity contribution in [2.75, 3.05) is 13.1 Å². The number of hydrogen-bond acceptors (Lipinski definition) is 2. The van der Waals surface area contributed by atoms with Crippen molar-refractivity contribution in [3.05, 3.63) is 58.9 Å². The summed E-state index contributed by atoms with van der Waals surface area (Å²) in [6.07, 6.45) is 13.4. The number of amides is 2. The van der Waals surface area contributed by atoms with Crippen LogP contribution in [0.4, 0.5) is 9.18 Å². The van der Waals surface area contributed by atoms with E-state index < -0.39 is 0 Å². The Bertz CT molecular complexity index is 841. The maximum absolute atomic E-state index is 13.7. The Morgan fingerprint density at radius 3 is 2.66 bits per heavy atom. The Balaban J connectivity index is 1.55. The molecule has 1 aromatic carbocycles. The molecular weight excluding hydrogens is 401 g/mol. The van der Waals surface area contributed by atoms with Crippen LogP contribution in [0.15, 0.2) is 47.6 Å². The minimum atomic E-state index is -0.241. The van der Waals surface area contributed by atoms with Crippen molar-refractivity contribution in [3.63, 3.8) is 0 Å². The number of carbonyl (C=O) groups excluding carboxylic acids is 1. The molecular formula is C27H38FN3O. The van der Waals surface area contributed by atoms with Gasteiger partial charge in [0.1, 0.15) is 5.82 Å². The molecule has 2 amide bonds. The van der Waals surface area contributed by atoms with Gasteiger partial charge in [-0.2, -0.15) is 0 Å². The summed E-state index contributed by atoms with van der Waals surface area (Å²) in [5.41, 5.74) is 3.72. The first kappa shape index (κ1) is 23.0. The number of urea groups is 1. The van der Waals surface area contributed by atoms with Gasteiger partial charge in [0.2, 0.25) is 0 Å². The van der Waals surface area contributed by atoms with Gasteiger partial charge in [-0.15, -0.1) is 0 Å². The molecule has 5 heteroatoms. The van der Waals surface area contributed by atoms with Gasteiger partial charge in [-0.25, -0.2) is 9.18 Å². The van der Waals surface area contributed by atoms with Crippen LogP contribution in [0.3, 0.4) is 0 Å². The molecule has 1 fully saturated rings. The molecule has 2 N–H and O–H groups in total. The predicted octanol–water partition coefficient (Wildman–Crippen LogP) is 5.88. The molecule has 32 heavy (non-hydrogen) atoms. The highest BCUT2D eigenvalue weighted by atomic mass is 19.1. The van der Waals surface area contributed by atoms with E-state index in [1.54, 1.807) is 0 Å². The van der Waals surface area contributed by atoms with Crippen molar-refractivity contribution in [3.8, 4) is 0 Å². The van der Waals surface area contributed by atoms with E-state index in [-0.39, 0.29) is 23.9 Å². The summed E-state index contributed by atoms with van der Waals surface area (Å²) in [7, 11) is 0. The standard InChI is InChI=1S/C27H38FN3O/c1-3-5-7-19-8-6-9-25-21(16-19)14-15-31(26(25)20-10-12-22(28)13-11-20)27(32)30-24-17-23(18-24)29-4-2/h6,9-13,19,23-24,26,29H,3-5,7-8,14-18H2,1-2H3,(H,30,32)/t19?,23-,24+,26-/m0/s1. The second kappa shape index (κ2) is 10.7. The molecule has 1 aliphatic heterocycles. The predicted molar refractivity (Wildman–Crippen MR) is 128 cm³/mol. The number of allylic oxidation sites excluding steroid dienone is 1. The number of unbranched alkanes of at least 4 members (excludes halogenated alkanes) is 1. The van der Waals surface area contributed by atoms with Crippen molar-refractivity contribution >= 4 is 6.03 Å². The van der Waals surface area contributed by atoms with Crippen LogP contribution in [0, 0.1) is 11.7 Å². The highest BCUT2D eigenvalue weighted by molar-refractivity contribution is 5.76. The number of nitrogens with zero attached hydrogens (tertiary/aromatic N) is 1. The number of halogens is 1. The third-order valence-corrected chi connectivity index (χ3v) is 7.34. The molecule has 0 spiro atoms. The van der Waals surface area contributed by atoms with E-state index in [1.807, 2.05) is 17.0 Å².